The minimum absolute atomic E-state index is 0.0328. The molecule has 1 aromatic heterocycles. The van der Waals surface area contributed by atoms with Gasteiger partial charge in [-0.15, -0.1) is 11.3 Å². The summed E-state index contributed by atoms with van der Waals surface area (Å²) in [5, 5.41) is 1.06. The number of amides is 1. The highest BCUT2D eigenvalue weighted by molar-refractivity contribution is 7.18. The van der Waals surface area contributed by atoms with Gasteiger partial charge in [0.05, 0.1) is 16.3 Å². The number of halogens is 1. The second-order valence-electron chi connectivity index (χ2n) is 7.56. The van der Waals surface area contributed by atoms with Crippen molar-refractivity contribution in [1.82, 2.24) is 9.88 Å². The monoisotopic (exact) mass is 380 g/mol. The maximum Gasteiger partial charge on any atom is 0.226 e. The number of hydrogen-bond donors (Lipinski definition) is 0. The van der Waals surface area contributed by atoms with E-state index in [0.29, 0.717) is 0 Å². The molecule has 27 heavy (non-hydrogen) atoms. The van der Waals surface area contributed by atoms with Crippen molar-refractivity contribution in [2.75, 3.05) is 6.54 Å². The maximum absolute atomic E-state index is 13.2. The number of hydrogen-bond acceptors (Lipinski definition) is 3. The van der Waals surface area contributed by atoms with Crippen LogP contribution in [0, 0.1) is 11.7 Å². The van der Waals surface area contributed by atoms with E-state index < -0.39 is 0 Å². The van der Waals surface area contributed by atoms with E-state index in [0.717, 1.165) is 48.3 Å². The fourth-order valence-corrected chi connectivity index (χ4v) is 5.36. The van der Waals surface area contributed by atoms with E-state index in [1.54, 1.807) is 11.3 Å². The summed E-state index contributed by atoms with van der Waals surface area (Å²) in [6.45, 7) is 0.812. The van der Waals surface area contributed by atoms with Gasteiger partial charge in [-0.25, -0.2) is 9.37 Å². The highest BCUT2D eigenvalue weighted by atomic mass is 32.1. The predicted octanol–water partition coefficient (Wildman–Crippen LogP) is 5.29. The summed E-state index contributed by atoms with van der Waals surface area (Å²) in [7, 11) is 0. The summed E-state index contributed by atoms with van der Waals surface area (Å²) in [6, 6.07) is 14.9. The predicted molar refractivity (Wildman–Crippen MR) is 105 cm³/mol. The van der Waals surface area contributed by atoms with Crippen LogP contribution in [-0.4, -0.2) is 22.3 Å². The number of para-hydroxylation sites is 1. The molecule has 3 atom stereocenters. The molecule has 5 heteroatoms. The normalized spacial score (nSPS) is 24.9. The van der Waals surface area contributed by atoms with Gasteiger partial charge in [0.1, 0.15) is 10.8 Å². The van der Waals surface area contributed by atoms with Crippen molar-refractivity contribution >= 4 is 27.5 Å². The van der Waals surface area contributed by atoms with Crippen molar-refractivity contribution < 1.29 is 9.18 Å². The Morgan fingerprint density at radius 2 is 1.93 bits per heavy atom. The highest BCUT2D eigenvalue weighted by Crippen LogP contribution is 2.50. The number of aromatic nitrogens is 1. The lowest BCUT2D eigenvalue weighted by atomic mass is 10.0. The van der Waals surface area contributed by atoms with Crippen LogP contribution in [0.25, 0.3) is 10.2 Å². The van der Waals surface area contributed by atoms with Gasteiger partial charge in [-0.2, -0.15) is 0 Å². The van der Waals surface area contributed by atoms with E-state index >= 15 is 0 Å². The fourth-order valence-electron chi connectivity index (χ4n) is 4.24. The van der Waals surface area contributed by atoms with E-state index in [-0.39, 0.29) is 29.6 Å². The minimum atomic E-state index is -0.228. The van der Waals surface area contributed by atoms with Crippen LogP contribution in [0.5, 0.6) is 0 Å². The van der Waals surface area contributed by atoms with Gasteiger partial charge in [0.15, 0.2) is 0 Å². The van der Waals surface area contributed by atoms with Crippen LogP contribution in [0.1, 0.15) is 48.2 Å². The number of likely N-dealkylation sites (tertiary alicyclic amines) is 1. The third-order valence-corrected chi connectivity index (χ3v) is 6.92. The number of rotatable bonds is 3. The van der Waals surface area contributed by atoms with E-state index in [9.17, 15) is 9.18 Å². The van der Waals surface area contributed by atoms with Crippen LogP contribution < -0.4 is 0 Å². The zero-order valence-electron chi connectivity index (χ0n) is 15.0. The van der Waals surface area contributed by atoms with Crippen LogP contribution in [-0.2, 0) is 4.79 Å². The molecule has 1 saturated heterocycles. The number of piperidine rings is 1. The topological polar surface area (TPSA) is 33.2 Å². The van der Waals surface area contributed by atoms with Gasteiger partial charge in [-0.1, -0.05) is 24.3 Å². The molecule has 0 bridgehead atoms. The van der Waals surface area contributed by atoms with Crippen LogP contribution in [0.4, 0.5) is 4.39 Å². The zero-order valence-corrected chi connectivity index (χ0v) is 15.8. The number of fused-ring (bicyclic) bond motifs is 1. The largest absolute Gasteiger partial charge is 0.333 e. The average molecular weight is 380 g/mol. The SMILES string of the molecule is O=C([C@@H]1C[C@H]1c1ccc(F)cc1)N1CCCC[C@@H]1c1nc2ccccc2s1. The standard InChI is InChI=1S/C22H21FN2OS/c23-15-10-8-14(9-11-15)16-13-17(16)22(26)25-12-4-3-6-19(25)21-24-18-5-1-2-7-20(18)27-21/h1-2,5,7-11,16-17,19H,3-4,6,12-13H2/t16-,17+,19+/m0/s1. The summed E-state index contributed by atoms with van der Waals surface area (Å²) < 4.78 is 14.3. The number of carbonyl (C=O) groups is 1. The Bertz CT molecular complexity index is 950. The molecule has 0 spiro atoms. The maximum atomic E-state index is 13.2. The molecule has 0 unspecified atom stereocenters. The molecule has 1 aliphatic heterocycles. The highest BCUT2D eigenvalue weighted by Gasteiger charge is 2.47. The first-order valence-corrected chi connectivity index (χ1v) is 10.4. The molecule has 5 rings (SSSR count). The molecule has 1 aliphatic carbocycles. The van der Waals surface area contributed by atoms with Gasteiger partial charge in [-0.3, -0.25) is 4.79 Å². The number of nitrogens with zero attached hydrogens (tertiary/aromatic N) is 2. The lowest BCUT2D eigenvalue weighted by Crippen LogP contribution is -2.39. The van der Waals surface area contributed by atoms with Gasteiger partial charge >= 0.3 is 0 Å². The lowest BCUT2D eigenvalue weighted by molar-refractivity contribution is -0.136. The van der Waals surface area contributed by atoms with E-state index in [4.69, 9.17) is 4.98 Å². The summed E-state index contributed by atoms with van der Waals surface area (Å²) in [5.41, 5.74) is 2.09. The van der Waals surface area contributed by atoms with E-state index in [2.05, 4.69) is 11.0 Å². The summed E-state index contributed by atoms with van der Waals surface area (Å²) >= 11 is 1.71. The molecule has 0 N–H and O–H groups in total. The molecule has 3 nitrogen and oxygen atoms in total. The molecule has 2 aromatic carbocycles. The molecular weight excluding hydrogens is 359 g/mol. The zero-order chi connectivity index (χ0) is 18.4. The summed E-state index contributed by atoms with van der Waals surface area (Å²) in [5.74, 6) is 0.281. The van der Waals surface area contributed by atoms with Gasteiger partial charge in [-0.05, 0) is 61.4 Å². The Morgan fingerprint density at radius 3 is 2.74 bits per heavy atom. The smallest absolute Gasteiger partial charge is 0.226 e. The molecule has 138 valence electrons. The fraction of sp³-hybridized carbons (Fsp3) is 0.364. The lowest BCUT2D eigenvalue weighted by Gasteiger charge is -2.35. The van der Waals surface area contributed by atoms with Crippen molar-refractivity contribution in [1.29, 1.82) is 0 Å². The molecule has 3 aromatic rings. The molecule has 1 saturated carbocycles. The molecule has 2 aliphatic rings. The minimum Gasteiger partial charge on any atom is -0.333 e. The van der Waals surface area contributed by atoms with Crippen LogP contribution in [0.3, 0.4) is 0 Å². The molecular formula is C22H21FN2OS. The summed E-state index contributed by atoms with van der Waals surface area (Å²) in [4.78, 5) is 20.1. The van der Waals surface area contributed by atoms with Gasteiger partial charge < -0.3 is 4.90 Å². The Balaban J connectivity index is 1.37. The van der Waals surface area contributed by atoms with Crippen LogP contribution in [0.2, 0.25) is 0 Å². The third-order valence-electron chi connectivity index (χ3n) is 5.79. The van der Waals surface area contributed by atoms with Gasteiger partial charge in [0.2, 0.25) is 5.91 Å². The molecule has 2 fully saturated rings. The van der Waals surface area contributed by atoms with Gasteiger partial charge in [0, 0.05) is 12.5 Å². The second-order valence-corrected chi connectivity index (χ2v) is 8.63. The first-order chi connectivity index (χ1) is 13.2. The Morgan fingerprint density at radius 1 is 1.11 bits per heavy atom. The van der Waals surface area contributed by atoms with Gasteiger partial charge in [0.25, 0.3) is 0 Å². The Hall–Kier alpha value is -2.27. The van der Waals surface area contributed by atoms with Crippen molar-refractivity contribution in [2.45, 2.75) is 37.6 Å². The van der Waals surface area contributed by atoms with Crippen LogP contribution in [0.15, 0.2) is 48.5 Å². The molecule has 2 heterocycles. The number of carbonyl (C=O) groups excluding carboxylic acids is 1. The molecule has 0 radical (unpaired) electrons. The van der Waals surface area contributed by atoms with Crippen molar-refractivity contribution in [3.05, 3.63) is 64.9 Å². The molecule has 1 amide bonds. The first-order valence-electron chi connectivity index (χ1n) is 9.62. The Kier molecular flexibility index (Phi) is 4.20. The van der Waals surface area contributed by atoms with Crippen molar-refractivity contribution in [3.8, 4) is 0 Å². The van der Waals surface area contributed by atoms with Crippen LogP contribution >= 0.6 is 11.3 Å². The number of thiazole rings is 1. The van der Waals surface area contributed by atoms with E-state index in [1.807, 2.05) is 30.3 Å². The Labute approximate surface area is 161 Å². The first kappa shape index (κ1) is 16.9. The number of benzene rings is 2. The summed E-state index contributed by atoms with van der Waals surface area (Å²) in [6.07, 6.45) is 4.05. The van der Waals surface area contributed by atoms with Crippen molar-refractivity contribution in [3.63, 3.8) is 0 Å². The second kappa shape index (κ2) is 6.71. The average Bonchev–Trinajstić information content (AvgIpc) is 3.38. The van der Waals surface area contributed by atoms with E-state index in [1.165, 1.54) is 16.8 Å². The van der Waals surface area contributed by atoms with Crippen molar-refractivity contribution in [2.24, 2.45) is 5.92 Å². The third kappa shape index (κ3) is 3.14. The quantitative estimate of drug-likeness (QED) is 0.618.